The van der Waals surface area contributed by atoms with Gasteiger partial charge in [-0.15, -0.1) is 0 Å². The Morgan fingerprint density at radius 2 is 1.84 bits per heavy atom. The Kier molecular flexibility index (Phi) is 12.9. The molecule has 45 heavy (non-hydrogen) atoms. The van der Waals surface area contributed by atoms with Crippen molar-refractivity contribution in [1.29, 1.82) is 0 Å². The zero-order chi connectivity index (χ0) is 32.2. The van der Waals surface area contributed by atoms with Gasteiger partial charge in [-0.05, 0) is 81.6 Å². The van der Waals surface area contributed by atoms with Gasteiger partial charge >= 0.3 is 0 Å². The number of benzene rings is 2. The number of nitrogens with one attached hydrogen (secondary N) is 1. The molecule has 4 atom stereocenters. The summed E-state index contributed by atoms with van der Waals surface area (Å²) in [5.74, 6) is 0.0145. The van der Waals surface area contributed by atoms with Crippen molar-refractivity contribution in [2.45, 2.75) is 71.2 Å². The summed E-state index contributed by atoms with van der Waals surface area (Å²) in [7, 11) is 2.07. The van der Waals surface area contributed by atoms with Crippen molar-refractivity contribution >= 4 is 17.5 Å². The maximum absolute atomic E-state index is 14.3. The Morgan fingerprint density at radius 1 is 1.09 bits per heavy atom. The van der Waals surface area contributed by atoms with E-state index < -0.39 is 6.04 Å². The highest BCUT2D eigenvalue weighted by Crippen LogP contribution is 2.28. The van der Waals surface area contributed by atoms with Gasteiger partial charge in [0.15, 0.2) is 0 Å². The van der Waals surface area contributed by atoms with Crippen molar-refractivity contribution in [3.63, 3.8) is 0 Å². The average molecular weight is 617 g/mol. The van der Waals surface area contributed by atoms with Crippen LogP contribution in [0.15, 0.2) is 73.1 Å². The number of hydrogen-bond donors (Lipinski definition) is 2. The summed E-state index contributed by atoms with van der Waals surface area (Å²) in [6, 6.07) is 18.3. The van der Waals surface area contributed by atoms with E-state index in [1.807, 2.05) is 56.3 Å². The zero-order valence-electron chi connectivity index (χ0n) is 27.0. The van der Waals surface area contributed by atoms with Gasteiger partial charge in [0.1, 0.15) is 5.75 Å². The van der Waals surface area contributed by atoms with Gasteiger partial charge in [0, 0.05) is 50.2 Å². The molecule has 0 aliphatic carbocycles. The summed E-state index contributed by atoms with van der Waals surface area (Å²) < 4.78 is 12.8. The van der Waals surface area contributed by atoms with Crippen LogP contribution in [0.25, 0.3) is 0 Å². The Balaban J connectivity index is 1.59. The lowest BCUT2D eigenvalue weighted by atomic mass is 10.0. The number of aromatic nitrogens is 1. The highest BCUT2D eigenvalue weighted by molar-refractivity contribution is 6.00. The van der Waals surface area contributed by atoms with E-state index in [4.69, 9.17) is 9.47 Å². The summed E-state index contributed by atoms with van der Waals surface area (Å²) in [4.78, 5) is 35.3. The quantitative estimate of drug-likeness (QED) is 0.341. The number of carbonyl (C=O) groups excluding carboxylic acids is 2. The van der Waals surface area contributed by atoms with Crippen LogP contribution in [0.5, 0.6) is 5.75 Å². The molecule has 0 radical (unpaired) electrons. The number of hydrogen-bond acceptors (Lipinski definition) is 7. The van der Waals surface area contributed by atoms with Crippen LogP contribution >= 0.6 is 0 Å². The molecule has 0 fully saturated rings. The topological polar surface area (TPSA) is 104 Å². The van der Waals surface area contributed by atoms with Crippen LogP contribution in [0.1, 0.15) is 61.5 Å². The van der Waals surface area contributed by atoms with Crippen molar-refractivity contribution in [2.75, 3.05) is 38.7 Å². The van der Waals surface area contributed by atoms with Gasteiger partial charge in [-0.1, -0.05) is 37.3 Å². The number of rotatable bonds is 9. The first-order chi connectivity index (χ1) is 21.7. The molecule has 3 aromatic rings. The molecule has 2 amide bonds. The number of pyridine rings is 1. The van der Waals surface area contributed by atoms with Crippen LogP contribution in [-0.4, -0.2) is 83.3 Å². The molecule has 0 unspecified atom stereocenters. The molecule has 9 heteroatoms. The van der Waals surface area contributed by atoms with Crippen molar-refractivity contribution in [1.82, 2.24) is 14.8 Å². The third kappa shape index (κ3) is 10.4. The van der Waals surface area contributed by atoms with E-state index in [0.29, 0.717) is 36.7 Å². The van der Waals surface area contributed by atoms with Crippen molar-refractivity contribution < 1.29 is 24.2 Å². The fourth-order valence-electron chi connectivity index (χ4n) is 5.62. The number of aliphatic hydroxyl groups is 1. The second-order valence-corrected chi connectivity index (χ2v) is 12.3. The van der Waals surface area contributed by atoms with Gasteiger partial charge in [0.05, 0.1) is 36.8 Å². The molecule has 0 spiro atoms. The minimum Gasteiger partial charge on any atom is -0.490 e. The van der Waals surface area contributed by atoms with Gasteiger partial charge in [-0.25, -0.2) is 0 Å². The molecule has 0 saturated heterocycles. The number of amides is 2. The standard InChI is InChI=1S/C36H48N4O5/c1-26-22-40(27(2)25-41)36(43)32-21-31(38-35(42)20-29-11-6-5-7-12-29)13-14-33(32)45-28(3)10-8-9-19-44-34(26)24-39(4)23-30-15-17-37-18-16-30/h5-7,11-18,21,26-28,34,41H,8-10,19-20,22-25H2,1-4H3,(H,38,42)/t26-,27-,28-,34+/m0/s1. The maximum Gasteiger partial charge on any atom is 0.258 e. The molecule has 1 aliphatic rings. The minimum absolute atomic E-state index is 0.0252. The van der Waals surface area contributed by atoms with Crippen LogP contribution < -0.4 is 10.1 Å². The zero-order valence-corrected chi connectivity index (χ0v) is 27.0. The van der Waals surface area contributed by atoms with E-state index in [0.717, 1.165) is 31.4 Å². The molecule has 242 valence electrons. The smallest absolute Gasteiger partial charge is 0.258 e. The number of nitrogens with zero attached hydrogens (tertiary/aromatic N) is 3. The van der Waals surface area contributed by atoms with Crippen molar-refractivity contribution in [2.24, 2.45) is 5.92 Å². The van der Waals surface area contributed by atoms with Gasteiger partial charge < -0.3 is 24.8 Å². The molecule has 2 heterocycles. The van der Waals surface area contributed by atoms with Crippen LogP contribution in [0.3, 0.4) is 0 Å². The molecule has 0 bridgehead atoms. The first kappa shape index (κ1) is 34.1. The predicted octanol–water partition coefficient (Wildman–Crippen LogP) is 5.19. The highest BCUT2D eigenvalue weighted by atomic mass is 16.5. The van der Waals surface area contributed by atoms with Gasteiger partial charge in [0.25, 0.3) is 5.91 Å². The fourth-order valence-corrected chi connectivity index (χ4v) is 5.62. The SMILES string of the molecule is C[C@H]1CCCCO[C@H](CN(C)Cc2ccncc2)[C@@H](C)CN([C@@H](C)CO)C(=O)c2cc(NC(=O)Cc3ccccc3)ccc2O1. The molecule has 1 aromatic heterocycles. The average Bonchev–Trinajstić information content (AvgIpc) is 3.03. The van der Waals surface area contributed by atoms with Gasteiger partial charge in [-0.3, -0.25) is 19.5 Å². The number of ether oxygens (including phenoxy) is 2. The fraction of sp³-hybridized carbons (Fsp3) is 0.472. The largest absolute Gasteiger partial charge is 0.490 e. The third-order valence-corrected chi connectivity index (χ3v) is 8.24. The molecule has 0 saturated carbocycles. The second kappa shape index (κ2) is 17.1. The molecular weight excluding hydrogens is 568 g/mol. The Hall–Kier alpha value is -3.79. The first-order valence-electron chi connectivity index (χ1n) is 16.0. The highest BCUT2D eigenvalue weighted by Gasteiger charge is 2.30. The van der Waals surface area contributed by atoms with E-state index >= 15 is 0 Å². The number of carbonyl (C=O) groups is 2. The van der Waals surface area contributed by atoms with Crippen molar-refractivity contribution in [3.05, 3.63) is 89.7 Å². The van der Waals surface area contributed by atoms with E-state index in [-0.39, 0.29) is 43.0 Å². The van der Waals surface area contributed by atoms with E-state index in [2.05, 4.69) is 29.2 Å². The van der Waals surface area contributed by atoms with E-state index in [1.165, 1.54) is 5.56 Å². The van der Waals surface area contributed by atoms with Crippen LogP contribution in [-0.2, 0) is 22.5 Å². The lowest BCUT2D eigenvalue weighted by molar-refractivity contribution is -0.115. The predicted molar refractivity (Wildman–Crippen MR) is 176 cm³/mol. The maximum atomic E-state index is 14.3. The normalized spacial score (nSPS) is 20.5. The van der Waals surface area contributed by atoms with E-state index in [9.17, 15) is 14.7 Å². The summed E-state index contributed by atoms with van der Waals surface area (Å²) >= 11 is 0. The third-order valence-electron chi connectivity index (χ3n) is 8.24. The summed E-state index contributed by atoms with van der Waals surface area (Å²) in [5, 5.41) is 13.2. The second-order valence-electron chi connectivity index (χ2n) is 12.3. The molecule has 9 nitrogen and oxygen atoms in total. The van der Waals surface area contributed by atoms with Crippen LogP contribution in [0.2, 0.25) is 0 Å². The first-order valence-corrected chi connectivity index (χ1v) is 16.0. The Labute approximate surface area is 267 Å². The summed E-state index contributed by atoms with van der Waals surface area (Å²) in [6.07, 6.45) is 6.21. The number of aliphatic hydroxyl groups excluding tert-OH is 1. The van der Waals surface area contributed by atoms with Gasteiger partial charge in [0.2, 0.25) is 5.91 Å². The lowest BCUT2D eigenvalue weighted by Crippen LogP contribution is -2.47. The molecule has 2 aromatic carbocycles. The minimum atomic E-state index is -0.440. The van der Waals surface area contributed by atoms with E-state index in [1.54, 1.807) is 35.5 Å². The monoisotopic (exact) mass is 616 g/mol. The number of anilines is 1. The molecular formula is C36H48N4O5. The van der Waals surface area contributed by atoms with Crippen molar-refractivity contribution in [3.8, 4) is 5.75 Å². The summed E-state index contributed by atoms with van der Waals surface area (Å²) in [5.41, 5.74) is 2.95. The molecule has 1 aliphatic heterocycles. The summed E-state index contributed by atoms with van der Waals surface area (Å²) in [6.45, 7) is 8.20. The molecule has 4 rings (SSSR count). The van der Waals surface area contributed by atoms with Crippen LogP contribution in [0.4, 0.5) is 5.69 Å². The lowest BCUT2D eigenvalue weighted by Gasteiger charge is -2.36. The number of fused-ring (bicyclic) bond motifs is 1. The van der Waals surface area contributed by atoms with Gasteiger partial charge in [-0.2, -0.15) is 0 Å². The molecule has 2 N–H and O–H groups in total. The number of likely N-dealkylation sites (N-methyl/N-ethyl adjacent to an activating group) is 1. The Bertz CT molecular complexity index is 1360. The van der Waals surface area contributed by atoms with Crippen LogP contribution in [0, 0.1) is 5.92 Å². The Morgan fingerprint density at radius 3 is 2.58 bits per heavy atom.